The van der Waals surface area contributed by atoms with Gasteiger partial charge in [-0.05, 0) is 34.2 Å². The van der Waals surface area contributed by atoms with Gasteiger partial charge in [0.05, 0.1) is 0 Å². The SMILES string of the molecule is CCCSC1(SSSC2(SCCC)CS2)CS1. The summed E-state index contributed by atoms with van der Waals surface area (Å²) in [5, 5.41) is 0. The zero-order valence-corrected chi connectivity index (χ0v) is 15.8. The summed E-state index contributed by atoms with van der Waals surface area (Å²) in [6.45, 7) is 4.55. The van der Waals surface area contributed by atoms with E-state index in [1.165, 1.54) is 35.9 Å². The van der Waals surface area contributed by atoms with Crippen molar-refractivity contribution >= 4 is 78.5 Å². The van der Waals surface area contributed by atoms with E-state index in [2.05, 4.69) is 82.5 Å². The van der Waals surface area contributed by atoms with Crippen molar-refractivity contribution in [2.45, 2.75) is 33.5 Å². The summed E-state index contributed by atoms with van der Waals surface area (Å²) < 4.78 is 1.04. The predicted octanol–water partition coefficient (Wildman–Crippen LogP) is 6.10. The van der Waals surface area contributed by atoms with Crippen molar-refractivity contribution in [2.24, 2.45) is 0 Å². The molecule has 100 valence electrons. The fraction of sp³-hybridized carbons (Fsp3) is 1.00. The van der Waals surface area contributed by atoms with Gasteiger partial charge in [-0.3, -0.25) is 0 Å². The minimum Gasteiger partial charge on any atom is -0.132 e. The first-order valence-electron chi connectivity index (χ1n) is 5.83. The Balaban J connectivity index is 1.59. The second-order valence-corrected chi connectivity index (χ2v) is 15.3. The van der Waals surface area contributed by atoms with Crippen molar-refractivity contribution in [1.29, 1.82) is 0 Å². The van der Waals surface area contributed by atoms with Gasteiger partial charge < -0.3 is 0 Å². The predicted molar refractivity (Wildman–Crippen MR) is 98.6 cm³/mol. The molecule has 0 aromatic rings. The summed E-state index contributed by atoms with van der Waals surface area (Å²) >= 11 is 8.56. The summed E-state index contributed by atoms with van der Waals surface area (Å²) in [5.41, 5.74) is 0. The van der Waals surface area contributed by atoms with E-state index in [4.69, 9.17) is 0 Å². The van der Waals surface area contributed by atoms with Gasteiger partial charge in [0, 0.05) is 11.5 Å². The van der Waals surface area contributed by atoms with Crippen LogP contribution < -0.4 is 0 Å². The van der Waals surface area contributed by atoms with Gasteiger partial charge in [-0.15, -0.1) is 47.0 Å². The summed E-state index contributed by atoms with van der Waals surface area (Å²) in [6, 6.07) is 0. The molecule has 0 amide bonds. The fourth-order valence-corrected chi connectivity index (χ4v) is 15.3. The lowest BCUT2D eigenvalue weighted by atomic mass is 10.6. The summed E-state index contributed by atoms with van der Waals surface area (Å²) in [7, 11) is 6.26. The van der Waals surface area contributed by atoms with E-state index in [9.17, 15) is 0 Å². The average molecular weight is 363 g/mol. The van der Waals surface area contributed by atoms with Gasteiger partial charge >= 0.3 is 0 Å². The van der Waals surface area contributed by atoms with Crippen molar-refractivity contribution in [2.75, 3.05) is 23.0 Å². The van der Waals surface area contributed by atoms with Crippen LogP contribution in [0.4, 0.5) is 0 Å². The molecular weight excluding hydrogens is 345 g/mol. The second-order valence-electron chi connectivity index (χ2n) is 3.88. The summed E-state index contributed by atoms with van der Waals surface area (Å²) in [4.78, 5) is 0. The maximum Gasteiger partial charge on any atom is 0.127 e. The van der Waals surface area contributed by atoms with E-state index in [0.717, 1.165) is 0 Å². The van der Waals surface area contributed by atoms with Crippen LogP contribution in [0.5, 0.6) is 0 Å². The highest BCUT2D eigenvalue weighted by Gasteiger charge is 2.49. The molecule has 2 aliphatic rings. The number of hydrogen-bond donors (Lipinski definition) is 0. The molecular formula is C10H18S7. The highest BCUT2D eigenvalue weighted by molar-refractivity contribution is 9.12. The first kappa shape index (κ1) is 15.8. The number of hydrogen-bond acceptors (Lipinski definition) is 7. The third-order valence-electron chi connectivity index (χ3n) is 2.13. The smallest absolute Gasteiger partial charge is 0.127 e. The maximum atomic E-state index is 2.28. The molecule has 0 N–H and O–H groups in total. The Morgan fingerprint density at radius 2 is 1.29 bits per heavy atom. The van der Waals surface area contributed by atoms with Gasteiger partial charge in [0.25, 0.3) is 0 Å². The highest BCUT2D eigenvalue weighted by Crippen LogP contribution is 2.72. The molecule has 0 aliphatic carbocycles. The Morgan fingerprint density at radius 3 is 1.59 bits per heavy atom. The molecule has 0 aromatic heterocycles. The van der Waals surface area contributed by atoms with Crippen LogP contribution in [0.3, 0.4) is 0 Å². The van der Waals surface area contributed by atoms with Gasteiger partial charge in [0.1, 0.15) is 6.82 Å². The van der Waals surface area contributed by atoms with E-state index in [1.807, 2.05) is 9.83 Å². The molecule has 7 heteroatoms. The molecule has 2 aliphatic heterocycles. The van der Waals surface area contributed by atoms with Crippen LogP contribution in [0.1, 0.15) is 26.7 Å². The highest BCUT2D eigenvalue weighted by atomic mass is 33.5. The molecule has 2 unspecified atom stereocenters. The van der Waals surface area contributed by atoms with E-state index in [0.29, 0.717) is 6.82 Å². The quantitative estimate of drug-likeness (QED) is 0.258. The maximum absolute atomic E-state index is 2.28. The standard InChI is InChI=1S/C10H18S7/c1-3-5-11-9(7-13-9)15-17-16-10(8-14-10)12-6-4-2/h3-8H2,1-2H3. The van der Waals surface area contributed by atoms with Gasteiger partial charge in [-0.2, -0.15) is 0 Å². The molecule has 0 spiro atoms. The average Bonchev–Trinajstić information content (AvgIpc) is 3.23. The minimum atomic E-state index is 0.518. The Hall–Kier alpha value is 2.45. The fourth-order valence-electron chi connectivity index (χ4n) is 1.06. The number of thioether (sulfide) groups is 4. The number of rotatable bonds is 10. The zero-order valence-electron chi connectivity index (χ0n) is 10.1. The molecule has 0 bridgehead atoms. The third kappa shape index (κ3) is 5.38. The summed E-state index contributed by atoms with van der Waals surface area (Å²) in [5.74, 6) is 5.32. The van der Waals surface area contributed by atoms with Crippen molar-refractivity contribution in [1.82, 2.24) is 0 Å². The van der Waals surface area contributed by atoms with E-state index in [-0.39, 0.29) is 0 Å². The third-order valence-corrected chi connectivity index (χ3v) is 16.3. The van der Waals surface area contributed by atoms with Gasteiger partial charge in [0.15, 0.2) is 0 Å². The lowest BCUT2D eigenvalue weighted by molar-refractivity contribution is 1.10. The largest absolute Gasteiger partial charge is 0.132 e. The van der Waals surface area contributed by atoms with Crippen molar-refractivity contribution < 1.29 is 0 Å². The van der Waals surface area contributed by atoms with Crippen LogP contribution in [-0.2, 0) is 0 Å². The molecule has 2 rings (SSSR count). The lowest BCUT2D eigenvalue weighted by Crippen LogP contribution is -1.97. The van der Waals surface area contributed by atoms with Gasteiger partial charge in [-0.1, -0.05) is 35.4 Å². The molecule has 2 heterocycles. The molecule has 2 fully saturated rings. The summed E-state index contributed by atoms with van der Waals surface area (Å²) in [6.07, 6.45) is 2.61. The first-order valence-corrected chi connectivity index (χ1v) is 13.3. The van der Waals surface area contributed by atoms with Crippen LogP contribution >= 0.6 is 78.5 Å². The lowest BCUT2D eigenvalue weighted by Gasteiger charge is -2.14. The molecule has 2 atom stereocenters. The Bertz CT molecular complexity index is 213. The Morgan fingerprint density at radius 1 is 0.882 bits per heavy atom. The Labute approximate surface area is 134 Å². The molecule has 17 heavy (non-hydrogen) atoms. The zero-order chi connectivity index (χ0) is 12.2. The van der Waals surface area contributed by atoms with Crippen LogP contribution in [0.15, 0.2) is 0 Å². The molecule has 0 saturated carbocycles. The normalized spacial score (nSPS) is 34.9. The van der Waals surface area contributed by atoms with Crippen molar-refractivity contribution in [3.63, 3.8) is 0 Å². The molecule has 0 nitrogen and oxygen atoms in total. The molecule has 0 aromatic carbocycles. The second kappa shape index (κ2) is 7.46. The van der Waals surface area contributed by atoms with E-state index in [1.54, 1.807) is 0 Å². The van der Waals surface area contributed by atoms with E-state index < -0.39 is 0 Å². The van der Waals surface area contributed by atoms with Crippen molar-refractivity contribution in [3.05, 3.63) is 0 Å². The van der Waals surface area contributed by atoms with Crippen molar-refractivity contribution in [3.8, 4) is 0 Å². The van der Waals surface area contributed by atoms with Gasteiger partial charge in [0.2, 0.25) is 0 Å². The molecule has 0 radical (unpaired) electrons. The van der Waals surface area contributed by atoms with Crippen LogP contribution in [-0.4, -0.2) is 29.8 Å². The van der Waals surface area contributed by atoms with Gasteiger partial charge in [-0.25, -0.2) is 0 Å². The first-order chi connectivity index (χ1) is 8.24. The minimum absolute atomic E-state index is 0.518. The topological polar surface area (TPSA) is 0 Å². The van der Waals surface area contributed by atoms with Crippen LogP contribution in [0, 0.1) is 0 Å². The van der Waals surface area contributed by atoms with E-state index >= 15 is 0 Å². The van der Waals surface area contributed by atoms with Crippen LogP contribution in [0.25, 0.3) is 0 Å². The monoisotopic (exact) mass is 362 g/mol. The van der Waals surface area contributed by atoms with Crippen LogP contribution in [0.2, 0.25) is 0 Å². The molecule has 2 saturated heterocycles. The Kier molecular flexibility index (Phi) is 6.94.